The predicted molar refractivity (Wildman–Crippen MR) is 65.0 cm³/mol. The summed E-state index contributed by atoms with van der Waals surface area (Å²) in [6, 6.07) is 0. The molecule has 1 rings (SSSR count). The molecule has 1 heterocycles. The SMILES string of the molecule is CO[C@H]1[C@H](O/N=C/C(C)C)O[C@@H](C)C[C@H]1OC. The fraction of sp³-hybridized carbons (Fsp3) is 0.917. The quantitative estimate of drug-likeness (QED) is 0.547. The van der Waals surface area contributed by atoms with Gasteiger partial charge in [0.2, 0.25) is 0 Å². The van der Waals surface area contributed by atoms with Crippen molar-refractivity contribution in [3.05, 3.63) is 0 Å². The minimum Gasteiger partial charge on any atom is -0.378 e. The number of hydrogen-bond donors (Lipinski definition) is 0. The van der Waals surface area contributed by atoms with E-state index in [1.54, 1.807) is 20.4 Å². The summed E-state index contributed by atoms with van der Waals surface area (Å²) in [5.41, 5.74) is 0. The maximum absolute atomic E-state index is 5.66. The van der Waals surface area contributed by atoms with Crippen molar-refractivity contribution in [3.8, 4) is 0 Å². The number of hydrogen-bond acceptors (Lipinski definition) is 5. The first kappa shape index (κ1) is 14.4. The lowest BCUT2D eigenvalue weighted by Crippen LogP contribution is -2.50. The molecule has 1 aliphatic rings. The second-order valence-corrected chi connectivity index (χ2v) is 4.63. The van der Waals surface area contributed by atoms with Crippen LogP contribution in [0.2, 0.25) is 0 Å². The average Bonchev–Trinajstić information content (AvgIpc) is 2.27. The molecule has 0 N–H and O–H groups in total. The Bertz CT molecular complexity index is 245. The van der Waals surface area contributed by atoms with Gasteiger partial charge in [-0.2, -0.15) is 0 Å². The molecule has 0 aliphatic carbocycles. The Morgan fingerprint density at radius 3 is 2.53 bits per heavy atom. The average molecular weight is 245 g/mol. The maximum atomic E-state index is 5.66. The zero-order valence-corrected chi connectivity index (χ0v) is 11.3. The van der Waals surface area contributed by atoms with Gasteiger partial charge in [-0.05, 0) is 12.8 Å². The van der Waals surface area contributed by atoms with Gasteiger partial charge in [0.05, 0.1) is 12.2 Å². The summed E-state index contributed by atoms with van der Waals surface area (Å²) in [6.45, 7) is 6.05. The van der Waals surface area contributed by atoms with E-state index in [9.17, 15) is 0 Å². The number of oxime groups is 1. The smallest absolute Gasteiger partial charge is 0.256 e. The molecule has 0 saturated carbocycles. The summed E-state index contributed by atoms with van der Waals surface area (Å²) in [5, 5.41) is 3.91. The number of methoxy groups -OCH3 is 2. The van der Waals surface area contributed by atoms with Gasteiger partial charge in [0, 0.05) is 26.9 Å². The van der Waals surface area contributed by atoms with Crippen LogP contribution in [-0.2, 0) is 19.0 Å². The van der Waals surface area contributed by atoms with Gasteiger partial charge < -0.3 is 19.0 Å². The highest BCUT2D eigenvalue weighted by Gasteiger charge is 2.39. The van der Waals surface area contributed by atoms with E-state index in [4.69, 9.17) is 19.0 Å². The molecular formula is C12H23NO4. The van der Waals surface area contributed by atoms with Gasteiger partial charge in [-0.3, -0.25) is 0 Å². The largest absolute Gasteiger partial charge is 0.378 e. The minimum absolute atomic E-state index is 0.0250. The Kier molecular flexibility index (Phi) is 5.88. The summed E-state index contributed by atoms with van der Waals surface area (Å²) in [7, 11) is 3.29. The summed E-state index contributed by atoms with van der Waals surface area (Å²) in [4.78, 5) is 5.34. The molecule has 0 bridgehead atoms. The molecule has 0 aromatic carbocycles. The van der Waals surface area contributed by atoms with Crippen molar-refractivity contribution in [1.82, 2.24) is 0 Å². The molecule has 4 atom stereocenters. The molecule has 0 aromatic rings. The van der Waals surface area contributed by atoms with Crippen LogP contribution in [0.3, 0.4) is 0 Å². The van der Waals surface area contributed by atoms with Gasteiger partial charge in [0.15, 0.2) is 0 Å². The van der Waals surface area contributed by atoms with Gasteiger partial charge in [-0.15, -0.1) is 0 Å². The summed E-state index contributed by atoms with van der Waals surface area (Å²) < 4.78 is 16.4. The summed E-state index contributed by atoms with van der Waals surface area (Å²) in [5.74, 6) is 0.343. The van der Waals surface area contributed by atoms with Gasteiger partial charge in [-0.1, -0.05) is 19.0 Å². The highest BCUT2D eigenvalue weighted by molar-refractivity contribution is 5.58. The monoisotopic (exact) mass is 245 g/mol. The number of nitrogens with zero attached hydrogens (tertiary/aromatic N) is 1. The molecule has 1 aliphatic heterocycles. The molecule has 0 aromatic heterocycles. The fourth-order valence-corrected chi connectivity index (χ4v) is 1.79. The molecule has 5 heteroatoms. The maximum Gasteiger partial charge on any atom is 0.256 e. The van der Waals surface area contributed by atoms with E-state index < -0.39 is 6.29 Å². The van der Waals surface area contributed by atoms with E-state index in [1.165, 1.54) is 0 Å². The van der Waals surface area contributed by atoms with Gasteiger partial charge >= 0.3 is 0 Å². The first-order chi connectivity index (χ1) is 8.08. The van der Waals surface area contributed by atoms with Crippen LogP contribution in [0.4, 0.5) is 0 Å². The molecule has 0 spiro atoms. The van der Waals surface area contributed by atoms with Gasteiger partial charge in [-0.25, -0.2) is 0 Å². The second kappa shape index (κ2) is 6.93. The Hall–Kier alpha value is -0.650. The van der Waals surface area contributed by atoms with Crippen molar-refractivity contribution in [2.24, 2.45) is 11.1 Å². The normalized spacial score (nSPS) is 34.5. The van der Waals surface area contributed by atoms with Crippen LogP contribution in [-0.4, -0.2) is 45.0 Å². The minimum atomic E-state index is -0.510. The van der Waals surface area contributed by atoms with Crippen LogP contribution in [0.25, 0.3) is 0 Å². The van der Waals surface area contributed by atoms with E-state index >= 15 is 0 Å². The highest BCUT2D eigenvalue weighted by Crippen LogP contribution is 2.25. The molecule has 0 radical (unpaired) electrons. The van der Waals surface area contributed by atoms with Crippen molar-refractivity contribution < 1.29 is 19.0 Å². The Morgan fingerprint density at radius 1 is 1.29 bits per heavy atom. The van der Waals surface area contributed by atoms with Crippen molar-refractivity contribution in [2.75, 3.05) is 14.2 Å². The van der Waals surface area contributed by atoms with E-state index in [0.29, 0.717) is 5.92 Å². The van der Waals surface area contributed by atoms with Crippen LogP contribution >= 0.6 is 0 Å². The topological polar surface area (TPSA) is 49.3 Å². The van der Waals surface area contributed by atoms with Crippen molar-refractivity contribution in [2.45, 2.75) is 51.8 Å². The third-order valence-corrected chi connectivity index (χ3v) is 2.66. The summed E-state index contributed by atoms with van der Waals surface area (Å²) >= 11 is 0. The van der Waals surface area contributed by atoms with Crippen LogP contribution in [0.15, 0.2) is 5.16 Å². The van der Waals surface area contributed by atoms with Crippen LogP contribution < -0.4 is 0 Å². The summed E-state index contributed by atoms with van der Waals surface area (Å²) in [6.07, 6.45) is 1.82. The van der Waals surface area contributed by atoms with E-state index in [1.807, 2.05) is 20.8 Å². The molecule has 100 valence electrons. The molecule has 5 nitrogen and oxygen atoms in total. The molecule has 0 unspecified atom stereocenters. The third-order valence-electron chi connectivity index (χ3n) is 2.66. The third kappa shape index (κ3) is 4.26. The zero-order valence-electron chi connectivity index (χ0n) is 11.3. The predicted octanol–water partition coefficient (Wildman–Crippen LogP) is 1.81. The molecule has 1 fully saturated rings. The van der Waals surface area contributed by atoms with Gasteiger partial charge in [0.1, 0.15) is 6.10 Å². The van der Waals surface area contributed by atoms with Crippen LogP contribution in [0, 0.1) is 5.92 Å². The van der Waals surface area contributed by atoms with Crippen molar-refractivity contribution in [3.63, 3.8) is 0 Å². The number of ether oxygens (including phenoxy) is 3. The standard InChI is InChI=1S/C12H23NO4/c1-8(2)7-13-17-12-11(15-5)10(14-4)6-9(3)16-12/h7-12H,6H2,1-5H3/b13-7+/t9-,10+,11+,12-/m0/s1. The Labute approximate surface area is 103 Å². The molecule has 0 amide bonds. The molecular weight excluding hydrogens is 222 g/mol. The van der Waals surface area contributed by atoms with Crippen molar-refractivity contribution in [1.29, 1.82) is 0 Å². The van der Waals surface area contributed by atoms with E-state index in [2.05, 4.69) is 5.16 Å². The lowest BCUT2D eigenvalue weighted by atomic mass is 10.0. The van der Waals surface area contributed by atoms with Crippen LogP contribution in [0.1, 0.15) is 27.2 Å². The zero-order chi connectivity index (χ0) is 12.8. The Morgan fingerprint density at radius 2 is 2.00 bits per heavy atom. The molecule has 17 heavy (non-hydrogen) atoms. The Balaban J connectivity index is 2.59. The second-order valence-electron chi connectivity index (χ2n) is 4.63. The number of rotatable bonds is 5. The van der Waals surface area contributed by atoms with Crippen LogP contribution in [0.5, 0.6) is 0 Å². The lowest BCUT2D eigenvalue weighted by molar-refractivity contribution is -0.273. The first-order valence-corrected chi connectivity index (χ1v) is 5.98. The lowest BCUT2D eigenvalue weighted by Gasteiger charge is -2.37. The first-order valence-electron chi connectivity index (χ1n) is 5.98. The molecule has 1 saturated heterocycles. The van der Waals surface area contributed by atoms with Crippen molar-refractivity contribution >= 4 is 6.21 Å². The van der Waals surface area contributed by atoms with Gasteiger partial charge in [0.25, 0.3) is 6.29 Å². The highest BCUT2D eigenvalue weighted by atomic mass is 16.8. The van der Waals surface area contributed by atoms with E-state index in [-0.39, 0.29) is 18.3 Å². The van der Waals surface area contributed by atoms with E-state index in [0.717, 1.165) is 6.42 Å². The fourth-order valence-electron chi connectivity index (χ4n) is 1.79.